The number of ether oxygens (including phenoxy) is 23. The first-order valence-electron chi connectivity index (χ1n) is 51.4. The third kappa shape index (κ3) is 147. The van der Waals surface area contributed by atoms with Crippen molar-refractivity contribution in [3.63, 3.8) is 0 Å². The molecular formula is C96H213N7O38. The Morgan fingerprint density at radius 2 is 0.220 bits per heavy atom. The number of nitrogens with zero attached hydrogens (tertiary/aromatic N) is 7. The van der Waals surface area contributed by atoms with Crippen molar-refractivity contribution in [3.8, 4) is 0 Å². The standard InChI is InChI=1S/C16H35NO7.C16H35NO5.C14H31NO5.C13H29NO6.C13H29NO5.2C12H27NO5/c1-20-8-2-3-17(4-9-21-13-15-23-11-6-18)5-10-22-14-16-24-12-7-19;1-20-12-6-4-2-3-5-7-17(8-13-21-15-10-18)9-14-22-16-11-19;1-18-10-2-5-15(6-13-19-11-3-8-16)7-14-20-12-4-9-17;15-5-11-18-8-1-2-14(3-9-19-12-6-16)4-10-20-13-7-17;1-17-9-3-2-4-14(5-10-18-12-7-15)6-11-19-13-8-16;2*1-16-8-2-3-13(4-9-17-11-6-14)5-10-18-12-7-15/h18-19H,2-16H2,1H3;18-19H,2-16H2,1H3;16-17H,2-14H2,1H3;15-17H,1-13H2;15-16H,2-13H2,1H3;2*14-15H,2-12H2,1H3. The van der Waals surface area contributed by atoms with Gasteiger partial charge in [-0.15, -0.1) is 0 Å². The van der Waals surface area contributed by atoms with Crippen LogP contribution in [0.15, 0.2) is 0 Å². The molecule has 0 spiro atoms. The largest absolute Gasteiger partial charge is 0.396 e. The monoisotopic (exact) mass is 2070 g/mol. The van der Waals surface area contributed by atoms with Crippen LogP contribution in [0.4, 0.5) is 0 Å². The van der Waals surface area contributed by atoms with E-state index < -0.39 is 0 Å². The van der Waals surface area contributed by atoms with Crippen LogP contribution in [-0.4, -0.2) is 654 Å². The van der Waals surface area contributed by atoms with E-state index in [0.29, 0.717) is 237 Å². The lowest BCUT2D eigenvalue weighted by molar-refractivity contribution is 0.0138. The van der Waals surface area contributed by atoms with E-state index in [0.717, 1.165) is 228 Å². The zero-order valence-corrected chi connectivity index (χ0v) is 88.9. The minimum absolute atomic E-state index is 0.0363. The van der Waals surface area contributed by atoms with Crippen molar-refractivity contribution >= 4 is 0 Å². The van der Waals surface area contributed by atoms with E-state index in [2.05, 4.69) is 34.3 Å². The highest BCUT2D eigenvalue weighted by atomic mass is 16.6. The van der Waals surface area contributed by atoms with Crippen molar-refractivity contribution in [2.24, 2.45) is 0 Å². The molecule has 141 heavy (non-hydrogen) atoms. The number of hydrogen-bond acceptors (Lipinski definition) is 45. The molecule has 0 saturated heterocycles. The van der Waals surface area contributed by atoms with Gasteiger partial charge in [-0.3, -0.25) is 34.3 Å². The molecule has 0 heterocycles. The van der Waals surface area contributed by atoms with Gasteiger partial charge in [0, 0.05) is 240 Å². The molecule has 860 valence electrons. The molecule has 0 rings (SSSR count). The Bertz CT molecular complexity index is 1910. The summed E-state index contributed by atoms with van der Waals surface area (Å²) in [7, 11) is 10.3. The van der Waals surface area contributed by atoms with Crippen molar-refractivity contribution in [1.82, 2.24) is 34.3 Å². The van der Waals surface area contributed by atoms with Crippen molar-refractivity contribution in [3.05, 3.63) is 0 Å². The van der Waals surface area contributed by atoms with E-state index in [1.165, 1.54) is 25.7 Å². The average molecular weight is 2070 g/mol. The molecular weight excluding hydrogens is 1860 g/mol. The summed E-state index contributed by atoms with van der Waals surface area (Å²) >= 11 is 0. The first-order chi connectivity index (χ1) is 69.4. The van der Waals surface area contributed by atoms with Crippen LogP contribution in [0.2, 0.25) is 0 Å². The van der Waals surface area contributed by atoms with E-state index >= 15 is 0 Å². The molecule has 0 saturated carbocycles. The molecule has 0 bridgehead atoms. The van der Waals surface area contributed by atoms with Gasteiger partial charge in [0.05, 0.1) is 291 Å². The van der Waals surface area contributed by atoms with Crippen LogP contribution in [0.3, 0.4) is 0 Å². The Balaban J connectivity index is -0.000000298. The summed E-state index contributed by atoms with van der Waals surface area (Å²) in [4.78, 5) is 15.8. The van der Waals surface area contributed by atoms with Crippen molar-refractivity contribution < 1.29 is 186 Å². The number of hydrogen-bond donors (Lipinski definition) is 15. The maximum Gasteiger partial charge on any atom is 0.0701 e. The molecule has 0 radical (unpaired) electrons. The molecule has 0 aromatic carbocycles. The molecule has 0 atom stereocenters. The Kier molecular flexibility index (Phi) is 161. The SMILES string of the molecule is COCCCCCCCN(CCOCCO)CCOCCO.COCCCCN(CCOCCO)CCOCCO.COCCCN(CCOCCCO)CCOCCCO.COCCCN(CCOCCO)CCOCCO.COCCCN(CCOCCO)CCOCCO.COCCCN(CCOCCOCCO)CCOCCOCCO.OCCOCCCN(CCOCCO)CCOCCO. The van der Waals surface area contributed by atoms with E-state index in [1.54, 1.807) is 42.7 Å². The van der Waals surface area contributed by atoms with Gasteiger partial charge < -0.3 is 186 Å². The minimum Gasteiger partial charge on any atom is -0.396 e. The van der Waals surface area contributed by atoms with Crippen LogP contribution < -0.4 is 0 Å². The minimum atomic E-state index is 0.0363. The van der Waals surface area contributed by atoms with Gasteiger partial charge in [-0.2, -0.15) is 0 Å². The van der Waals surface area contributed by atoms with Crippen molar-refractivity contribution in [2.75, 3.05) is 543 Å². The second-order valence-corrected chi connectivity index (χ2v) is 31.1. The summed E-state index contributed by atoms with van der Waals surface area (Å²) in [6.45, 7) is 41.3. The summed E-state index contributed by atoms with van der Waals surface area (Å²) < 4.78 is 120. The van der Waals surface area contributed by atoms with Crippen molar-refractivity contribution in [2.45, 2.75) is 89.9 Å². The second-order valence-electron chi connectivity index (χ2n) is 31.1. The smallest absolute Gasteiger partial charge is 0.0701 e. The first kappa shape index (κ1) is 152. The summed E-state index contributed by atoms with van der Waals surface area (Å²) in [5, 5.41) is 129. The molecule has 0 aliphatic rings. The van der Waals surface area contributed by atoms with Gasteiger partial charge in [-0.1, -0.05) is 19.3 Å². The van der Waals surface area contributed by atoms with Gasteiger partial charge in [0.1, 0.15) is 0 Å². The lowest BCUT2D eigenvalue weighted by Gasteiger charge is -2.22. The van der Waals surface area contributed by atoms with Crippen LogP contribution in [0.1, 0.15) is 89.9 Å². The van der Waals surface area contributed by atoms with E-state index in [-0.39, 0.29) is 99.1 Å². The summed E-state index contributed by atoms with van der Waals surface area (Å²) in [5.41, 5.74) is 0. The molecule has 45 heteroatoms. The van der Waals surface area contributed by atoms with Crippen LogP contribution >= 0.6 is 0 Å². The molecule has 45 nitrogen and oxygen atoms in total. The number of aliphatic hydroxyl groups excluding tert-OH is 15. The van der Waals surface area contributed by atoms with E-state index in [4.69, 9.17) is 186 Å². The fourth-order valence-electron chi connectivity index (χ4n) is 12.0. The summed E-state index contributed by atoms with van der Waals surface area (Å²) in [6.07, 6.45) is 14.3. The topological polar surface area (TPSA) is 538 Å². The zero-order valence-electron chi connectivity index (χ0n) is 88.9. The van der Waals surface area contributed by atoms with Gasteiger partial charge in [0.2, 0.25) is 0 Å². The van der Waals surface area contributed by atoms with Gasteiger partial charge in [0.25, 0.3) is 0 Å². The highest BCUT2D eigenvalue weighted by molar-refractivity contribution is 4.65. The number of methoxy groups -OCH3 is 6. The summed E-state index contributed by atoms with van der Waals surface area (Å²) in [6, 6.07) is 0. The Morgan fingerprint density at radius 1 is 0.0993 bits per heavy atom. The van der Waals surface area contributed by atoms with Crippen LogP contribution in [-0.2, 0) is 109 Å². The van der Waals surface area contributed by atoms with Gasteiger partial charge in [-0.05, 0) is 83.7 Å². The molecule has 0 aliphatic carbocycles. The predicted octanol–water partition coefficient (Wildman–Crippen LogP) is -2.47. The van der Waals surface area contributed by atoms with Gasteiger partial charge in [-0.25, -0.2) is 0 Å². The Morgan fingerprint density at radius 3 is 0.404 bits per heavy atom. The average Bonchev–Trinajstić information content (AvgIpc) is 1.02. The highest BCUT2D eigenvalue weighted by Crippen LogP contribution is 2.07. The quantitative estimate of drug-likeness (QED) is 0.0281. The van der Waals surface area contributed by atoms with E-state index in [1.807, 2.05) is 0 Å². The van der Waals surface area contributed by atoms with Crippen LogP contribution in [0.25, 0.3) is 0 Å². The third-order valence-electron chi connectivity index (χ3n) is 19.4. The second kappa shape index (κ2) is 149. The molecule has 0 aromatic heterocycles. The van der Waals surface area contributed by atoms with Gasteiger partial charge >= 0.3 is 0 Å². The normalized spacial score (nSPS) is 11.4. The van der Waals surface area contributed by atoms with Gasteiger partial charge in [0.15, 0.2) is 0 Å². The van der Waals surface area contributed by atoms with Crippen LogP contribution in [0.5, 0.6) is 0 Å². The molecule has 0 unspecified atom stereocenters. The molecule has 15 N–H and O–H groups in total. The number of unbranched alkanes of at least 4 members (excludes halogenated alkanes) is 5. The van der Waals surface area contributed by atoms with Crippen LogP contribution in [0, 0.1) is 0 Å². The number of aliphatic hydroxyl groups is 15. The van der Waals surface area contributed by atoms with E-state index in [9.17, 15) is 0 Å². The lowest BCUT2D eigenvalue weighted by Crippen LogP contribution is -2.33. The maximum absolute atomic E-state index is 8.70. The Labute approximate surface area is 849 Å². The van der Waals surface area contributed by atoms with Crippen molar-refractivity contribution in [1.29, 1.82) is 0 Å². The molecule has 0 amide bonds. The predicted molar refractivity (Wildman–Crippen MR) is 541 cm³/mol. The number of rotatable bonds is 113. The lowest BCUT2D eigenvalue weighted by atomic mass is 10.1. The fourth-order valence-corrected chi connectivity index (χ4v) is 12.0. The first-order valence-corrected chi connectivity index (χ1v) is 51.4. The highest BCUT2D eigenvalue weighted by Gasteiger charge is 2.13. The summed E-state index contributed by atoms with van der Waals surface area (Å²) in [5.74, 6) is 0. The molecule has 0 aromatic rings. The fraction of sp³-hybridized carbons (Fsp3) is 1.00. The molecule has 0 fully saturated rings. The maximum atomic E-state index is 8.70. The Hall–Kier alpha value is -1.80. The zero-order chi connectivity index (χ0) is 105. The molecule has 0 aliphatic heterocycles. The third-order valence-corrected chi connectivity index (χ3v) is 19.4.